The van der Waals surface area contributed by atoms with Crippen LogP contribution in [0.25, 0.3) is 0 Å². The predicted molar refractivity (Wildman–Crippen MR) is 82.7 cm³/mol. The zero-order chi connectivity index (χ0) is 14.4. The van der Waals surface area contributed by atoms with E-state index in [2.05, 4.69) is 48.7 Å². The Kier molecular flexibility index (Phi) is 5.18. The zero-order valence-corrected chi connectivity index (χ0v) is 12.6. The average Bonchev–Trinajstić information content (AvgIpc) is 2.92. The summed E-state index contributed by atoms with van der Waals surface area (Å²) in [4.78, 5) is 11.8. The minimum Gasteiger partial charge on any atom is -0.352 e. The van der Waals surface area contributed by atoms with Gasteiger partial charge in [-0.3, -0.25) is 4.79 Å². The van der Waals surface area contributed by atoms with Gasteiger partial charge in [0.05, 0.1) is 6.54 Å². The fourth-order valence-corrected chi connectivity index (χ4v) is 2.83. The molecule has 2 rings (SSSR count). The van der Waals surface area contributed by atoms with Gasteiger partial charge in [0.2, 0.25) is 5.91 Å². The molecule has 1 aromatic rings. The quantitative estimate of drug-likeness (QED) is 0.837. The molecular weight excluding hydrogens is 248 g/mol. The second-order valence-corrected chi connectivity index (χ2v) is 6.40. The fraction of sp³-hybridized carbons (Fsp3) is 0.588. The van der Waals surface area contributed by atoms with Gasteiger partial charge in [-0.2, -0.15) is 0 Å². The Morgan fingerprint density at radius 1 is 1.20 bits per heavy atom. The minimum absolute atomic E-state index is 0.0366. The highest BCUT2D eigenvalue weighted by Gasteiger charge is 2.21. The van der Waals surface area contributed by atoms with Crippen molar-refractivity contribution in [2.24, 2.45) is 0 Å². The summed E-state index contributed by atoms with van der Waals surface area (Å²) in [6.45, 7) is 5.61. The van der Waals surface area contributed by atoms with E-state index in [0.29, 0.717) is 12.6 Å². The average molecular weight is 274 g/mol. The van der Waals surface area contributed by atoms with Gasteiger partial charge in [0.15, 0.2) is 0 Å². The van der Waals surface area contributed by atoms with E-state index < -0.39 is 0 Å². The number of rotatable bonds is 6. The number of hydrogen-bond donors (Lipinski definition) is 2. The SMILES string of the molecule is CC(C)(CNCC(=O)NC1CCCC1)c1ccccc1. The minimum atomic E-state index is 0.0366. The second kappa shape index (κ2) is 6.89. The van der Waals surface area contributed by atoms with Crippen LogP contribution in [0.1, 0.15) is 45.1 Å². The first kappa shape index (κ1) is 15.0. The van der Waals surface area contributed by atoms with Crippen LogP contribution in [0.5, 0.6) is 0 Å². The molecule has 0 aliphatic heterocycles. The molecule has 110 valence electrons. The molecule has 1 amide bonds. The van der Waals surface area contributed by atoms with Crippen molar-refractivity contribution in [1.29, 1.82) is 0 Å². The first-order valence-electron chi connectivity index (χ1n) is 7.63. The molecule has 0 saturated heterocycles. The number of benzene rings is 1. The molecule has 3 nitrogen and oxygen atoms in total. The van der Waals surface area contributed by atoms with Crippen molar-refractivity contribution >= 4 is 5.91 Å². The van der Waals surface area contributed by atoms with Crippen molar-refractivity contribution in [3.05, 3.63) is 35.9 Å². The summed E-state index contributed by atoms with van der Waals surface area (Å²) in [5, 5.41) is 6.39. The molecular formula is C17H26N2O. The summed E-state index contributed by atoms with van der Waals surface area (Å²) >= 11 is 0. The van der Waals surface area contributed by atoms with Gasteiger partial charge in [-0.25, -0.2) is 0 Å². The number of carbonyl (C=O) groups is 1. The molecule has 1 fully saturated rings. The van der Waals surface area contributed by atoms with E-state index in [1.54, 1.807) is 0 Å². The van der Waals surface area contributed by atoms with E-state index >= 15 is 0 Å². The molecule has 0 spiro atoms. The fourth-order valence-electron chi connectivity index (χ4n) is 2.83. The molecule has 0 atom stereocenters. The summed E-state index contributed by atoms with van der Waals surface area (Å²) in [6, 6.07) is 10.8. The van der Waals surface area contributed by atoms with E-state index in [4.69, 9.17) is 0 Å². The highest BCUT2D eigenvalue weighted by Crippen LogP contribution is 2.21. The Balaban J connectivity index is 1.73. The first-order valence-corrected chi connectivity index (χ1v) is 7.63. The zero-order valence-electron chi connectivity index (χ0n) is 12.6. The molecule has 1 saturated carbocycles. The number of carbonyl (C=O) groups excluding carboxylic acids is 1. The molecule has 0 heterocycles. The maximum Gasteiger partial charge on any atom is 0.234 e. The number of hydrogen-bond acceptors (Lipinski definition) is 2. The monoisotopic (exact) mass is 274 g/mol. The van der Waals surface area contributed by atoms with Gasteiger partial charge in [-0.05, 0) is 18.4 Å². The normalized spacial score (nSPS) is 16.3. The maximum absolute atomic E-state index is 11.8. The van der Waals surface area contributed by atoms with Crippen molar-refractivity contribution < 1.29 is 4.79 Å². The molecule has 1 aliphatic carbocycles. The molecule has 0 aromatic heterocycles. The predicted octanol–water partition coefficient (Wildman–Crippen LogP) is 2.61. The first-order chi connectivity index (χ1) is 9.58. The summed E-state index contributed by atoms with van der Waals surface area (Å²) < 4.78 is 0. The maximum atomic E-state index is 11.8. The van der Waals surface area contributed by atoms with Crippen LogP contribution in [0.3, 0.4) is 0 Å². The Labute approximate surface area is 122 Å². The topological polar surface area (TPSA) is 41.1 Å². The third-order valence-corrected chi connectivity index (χ3v) is 4.13. The third kappa shape index (κ3) is 4.34. The van der Waals surface area contributed by atoms with Crippen LogP contribution in [0.15, 0.2) is 30.3 Å². The lowest BCUT2D eigenvalue weighted by Crippen LogP contribution is -2.42. The highest BCUT2D eigenvalue weighted by atomic mass is 16.1. The van der Waals surface area contributed by atoms with Crippen LogP contribution in [0.4, 0.5) is 0 Å². The molecule has 2 N–H and O–H groups in total. The molecule has 0 bridgehead atoms. The smallest absolute Gasteiger partial charge is 0.234 e. The van der Waals surface area contributed by atoms with Crippen LogP contribution in [0, 0.1) is 0 Å². The van der Waals surface area contributed by atoms with Crippen molar-refractivity contribution in [3.63, 3.8) is 0 Å². The Hall–Kier alpha value is -1.35. The van der Waals surface area contributed by atoms with E-state index in [0.717, 1.165) is 19.4 Å². The van der Waals surface area contributed by atoms with Gasteiger partial charge in [-0.15, -0.1) is 0 Å². The van der Waals surface area contributed by atoms with Gasteiger partial charge in [0, 0.05) is 18.0 Å². The van der Waals surface area contributed by atoms with Crippen LogP contribution >= 0.6 is 0 Å². The Bertz CT molecular complexity index is 422. The van der Waals surface area contributed by atoms with Gasteiger partial charge in [0.25, 0.3) is 0 Å². The molecule has 20 heavy (non-hydrogen) atoms. The van der Waals surface area contributed by atoms with E-state index in [9.17, 15) is 4.79 Å². The third-order valence-electron chi connectivity index (χ3n) is 4.13. The highest BCUT2D eigenvalue weighted by molar-refractivity contribution is 5.78. The molecule has 1 aromatic carbocycles. The number of amides is 1. The Morgan fingerprint density at radius 3 is 2.50 bits per heavy atom. The Morgan fingerprint density at radius 2 is 1.85 bits per heavy atom. The van der Waals surface area contributed by atoms with Crippen molar-refractivity contribution in [2.45, 2.75) is 51.0 Å². The van der Waals surface area contributed by atoms with E-state index in [-0.39, 0.29) is 11.3 Å². The van der Waals surface area contributed by atoms with Gasteiger partial charge in [0.1, 0.15) is 0 Å². The van der Waals surface area contributed by atoms with Crippen molar-refractivity contribution in [3.8, 4) is 0 Å². The summed E-state index contributed by atoms with van der Waals surface area (Å²) in [5.74, 6) is 0.126. The molecule has 1 aliphatic rings. The molecule has 0 unspecified atom stereocenters. The standard InChI is InChI=1S/C17H26N2O/c1-17(2,14-8-4-3-5-9-14)13-18-12-16(20)19-15-10-6-7-11-15/h3-5,8-9,15,18H,6-7,10-13H2,1-2H3,(H,19,20). The largest absolute Gasteiger partial charge is 0.352 e. The lowest BCUT2D eigenvalue weighted by Gasteiger charge is -2.25. The van der Waals surface area contributed by atoms with E-state index in [1.165, 1.54) is 18.4 Å². The van der Waals surface area contributed by atoms with Crippen molar-refractivity contribution in [2.75, 3.05) is 13.1 Å². The van der Waals surface area contributed by atoms with E-state index in [1.807, 2.05) is 6.07 Å². The summed E-state index contributed by atoms with van der Waals surface area (Å²) in [7, 11) is 0. The van der Waals surface area contributed by atoms with Crippen LogP contribution < -0.4 is 10.6 Å². The molecule has 0 radical (unpaired) electrons. The molecule has 3 heteroatoms. The van der Waals surface area contributed by atoms with Gasteiger partial charge in [-0.1, -0.05) is 57.0 Å². The second-order valence-electron chi connectivity index (χ2n) is 6.40. The van der Waals surface area contributed by atoms with Gasteiger partial charge >= 0.3 is 0 Å². The summed E-state index contributed by atoms with van der Waals surface area (Å²) in [5.41, 5.74) is 1.33. The van der Waals surface area contributed by atoms with Gasteiger partial charge < -0.3 is 10.6 Å². The lowest BCUT2D eigenvalue weighted by molar-refractivity contribution is -0.120. The van der Waals surface area contributed by atoms with Crippen LogP contribution in [-0.4, -0.2) is 25.0 Å². The number of nitrogens with one attached hydrogen (secondary N) is 2. The van der Waals surface area contributed by atoms with Crippen LogP contribution in [0.2, 0.25) is 0 Å². The van der Waals surface area contributed by atoms with Crippen LogP contribution in [-0.2, 0) is 10.2 Å². The lowest BCUT2D eigenvalue weighted by atomic mass is 9.85. The van der Waals surface area contributed by atoms with Crippen molar-refractivity contribution in [1.82, 2.24) is 10.6 Å². The summed E-state index contributed by atoms with van der Waals surface area (Å²) in [6.07, 6.45) is 4.78.